The first-order valence-corrected chi connectivity index (χ1v) is 6.74. The Morgan fingerprint density at radius 3 is 2.53 bits per heavy atom. The normalized spacial score (nSPS) is 23.2. The third-order valence-electron chi connectivity index (χ3n) is 3.65. The standard InChI is InChI=1S/C15H22N2O2/c1-10-6-11(2)9-17(8-10)15(18)13-7-12(19-3)4-5-14(13)16/h4-5,7,10-11H,6,8-9,16H2,1-3H3. The smallest absolute Gasteiger partial charge is 0.256 e. The van der Waals surface area contributed by atoms with Gasteiger partial charge in [0, 0.05) is 18.8 Å². The van der Waals surface area contributed by atoms with Crippen molar-refractivity contribution in [3.05, 3.63) is 23.8 Å². The van der Waals surface area contributed by atoms with Crippen LogP contribution in [0.15, 0.2) is 18.2 Å². The Balaban J connectivity index is 2.23. The zero-order valence-corrected chi connectivity index (χ0v) is 11.8. The van der Waals surface area contributed by atoms with Gasteiger partial charge in [-0.25, -0.2) is 0 Å². The fourth-order valence-electron chi connectivity index (χ4n) is 2.85. The van der Waals surface area contributed by atoms with E-state index in [9.17, 15) is 4.79 Å². The highest BCUT2D eigenvalue weighted by Gasteiger charge is 2.27. The summed E-state index contributed by atoms with van der Waals surface area (Å²) >= 11 is 0. The van der Waals surface area contributed by atoms with E-state index in [2.05, 4.69) is 13.8 Å². The van der Waals surface area contributed by atoms with Crippen molar-refractivity contribution in [1.29, 1.82) is 0 Å². The minimum absolute atomic E-state index is 0.00907. The molecule has 0 bridgehead atoms. The number of nitrogens with zero attached hydrogens (tertiary/aromatic N) is 1. The lowest BCUT2D eigenvalue weighted by atomic mass is 9.91. The number of carbonyl (C=O) groups excluding carboxylic acids is 1. The molecule has 104 valence electrons. The van der Waals surface area contributed by atoms with Crippen molar-refractivity contribution in [3.63, 3.8) is 0 Å². The van der Waals surface area contributed by atoms with Crippen LogP contribution in [0.3, 0.4) is 0 Å². The van der Waals surface area contributed by atoms with Crippen LogP contribution < -0.4 is 10.5 Å². The van der Waals surface area contributed by atoms with Crippen LogP contribution in [0.4, 0.5) is 5.69 Å². The largest absolute Gasteiger partial charge is 0.497 e. The van der Waals surface area contributed by atoms with E-state index >= 15 is 0 Å². The third kappa shape index (κ3) is 3.00. The summed E-state index contributed by atoms with van der Waals surface area (Å²) < 4.78 is 5.16. The van der Waals surface area contributed by atoms with Crippen molar-refractivity contribution in [2.75, 3.05) is 25.9 Å². The Hall–Kier alpha value is -1.71. The Bertz CT molecular complexity index is 463. The fourth-order valence-corrected chi connectivity index (χ4v) is 2.85. The quantitative estimate of drug-likeness (QED) is 0.833. The summed E-state index contributed by atoms with van der Waals surface area (Å²) in [7, 11) is 1.59. The van der Waals surface area contributed by atoms with E-state index in [4.69, 9.17) is 10.5 Å². The zero-order chi connectivity index (χ0) is 14.0. The highest BCUT2D eigenvalue weighted by Crippen LogP contribution is 2.26. The molecule has 2 atom stereocenters. The molecular formula is C15H22N2O2. The molecule has 1 heterocycles. The number of nitrogens with two attached hydrogens (primary N) is 1. The second-order valence-corrected chi connectivity index (χ2v) is 5.61. The lowest BCUT2D eigenvalue weighted by Gasteiger charge is -2.35. The molecule has 4 heteroatoms. The maximum Gasteiger partial charge on any atom is 0.256 e. The number of hydrogen-bond donors (Lipinski definition) is 1. The van der Waals surface area contributed by atoms with Gasteiger partial charge in [-0.1, -0.05) is 13.8 Å². The number of methoxy groups -OCH3 is 1. The summed E-state index contributed by atoms with van der Waals surface area (Å²) in [6, 6.07) is 5.22. The predicted octanol–water partition coefficient (Wildman–Crippen LogP) is 2.40. The van der Waals surface area contributed by atoms with Crippen molar-refractivity contribution < 1.29 is 9.53 Å². The van der Waals surface area contributed by atoms with Crippen LogP contribution in [0.2, 0.25) is 0 Å². The maximum absolute atomic E-state index is 12.6. The van der Waals surface area contributed by atoms with Gasteiger partial charge in [-0.2, -0.15) is 0 Å². The van der Waals surface area contributed by atoms with Gasteiger partial charge in [0.15, 0.2) is 0 Å². The van der Waals surface area contributed by atoms with Crippen molar-refractivity contribution in [3.8, 4) is 5.75 Å². The number of anilines is 1. The maximum atomic E-state index is 12.6. The molecule has 19 heavy (non-hydrogen) atoms. The van der Waals surface area contributed by atoms with Crippen LogP contribution >= 0.6 is 0 Å². The van der Waals surface area contributed by atoms with E-state index in [1.165, 1.54) is 6.42 Å². The van der Waals surface area contributed by atoms with Crippen LogP contribution in [-0.4, -0.2) is 31.0 Å². The summed E-state index contributed by atoms with van der Waals surface area (Å²) in [5.74, 6) is 1.75. The minimum Gasteiger partial charge on any atom is -0.497 e. The molecular weight excluding hydrogens is 240 g/mol. The number of nitrogen functional groups attached to an aromatic ring is 1. The molecule has 1 saturated heterocycles. The van der Waals surface area contributed by atoms with Gasteiger partial charge in [0.25, 0.3) is 5.91 Å². The molecule has 1 aromatic rings. The third-order valence-corrected chi connectivity index (χ3v) is 3.65. The molecule has 0 radical (unpaired) electrons. The van der Waals surface area contributed by atoms with E-state index < -0.39 is 0 Å². The summed E-state index contributed by atoms with van der Waals surface area (Å²) in [4.78, 5) is 14.5. The molecule has 1 aliphatic heterocycles. The zero-order valence-electron chi connectivity index (χ0n) is 11.8. The monoisotopic (exact) mass is 262 g/mol. The molecule has 4 nitrogen and oxygen atoms in total. The molecule has 1 aromatic carbocycles. The van der Waals surface area contributed by atoms with E-state index in [0.717, 1.165) is 13.1 Å². The number of hydrogen-bond acceptors (Lipinski definition) is 3. The Labute approximate surface area is 114 Å². The van der Waals surface area contributed by atoms with Gasteiger partial charge >= 0.3 is 0 Å². The van der Waals surface area contributed by atoms with Gasteiger partial charge in [-0.3, -0.25) is 4.79 Å². The first kappa shape index (κ1) is 13.7. The molecule has 1 fully saturated rings. The second-order valence-electron chi connectivity index (χ2n) is 5.61. The predicted molar refractivity (Wildman–Crippen MR) is 76.3 cm³/mol. The average Bonchev–Trinajstić information content (AvgIpc) is 2.37. The second kappa shape index (κ2) is 5.51. The molecule has 2 unspecified atom stereocenters. The molecule has 0 aliphatic carbocycles. The number of piperidine rings is 1. The number of rotatable bonds is 2. The van der Waals surface area contributed by atoms with E-state index in [0.29, 0.717) is 28.8 Å². The van der Waals surface area contributed by atoms with Crippen molar-refractivity contribution in [2.45, 2.75) is 20.3 Å². The summed E-state index contributed by atoms with van der Waals surface area (Å²) in [6.45, 7) is 5.98. The number of ether oxygens (including phenoxy) is 1. The number of benzene rings is 1. The molecule has 2 rings (SSSR count). The minimum atomic E-state index is 0.00907. The van der Waals surface area contributed by atoms with Gasteiger partial charge < -0.3 is 15.4 Å². The van der Waals surface area contributed by atoms with Crippen LogP contribution in [0, 0.1) is 11.8 Å². The molecule has 2 N–H and O–H groups in total. The molecule has 0 saturated carbocycles. The fraction of sp³-hybridized carbons (Fsp3) is 0.533. The number of likely N-dealkylation sites (tertiary alicyclic amines) is 1. The van der Waals surface area contributed by atoms with Crippen LogP contribution in [0.5, 0.6) is 5.75 Å². The summed E-state index contributed by atoms with van der Waals surface area (Å²) in [5.41, 5.74) is 6.97. The van der Waals surface area contributed by atoms with E-state index in [1.807, 2.05) is 4.90 Å². The molecule has 0 spiro atoms. The molecule has 1 aliphatic rings. The summed E-state index contributed by atoms with van der Waals surface area (Å²) in [5, 5.41) is 0. The Kier molecular flexibility index (Phi) is 3.98. The topological polar surface area (TPSA) is 55.6 Å². The first-order chi connectivity index (χ1) is 9.01. The average molecular weight is 262 g/mol. The highest BCUT2D eigenvalue weighted by molar-refractivity contribution is 5.99. The molecule has 0 aromatic heterocycles. The van der Waals surface area contributed by atoms with Crippen LogP contribution in [0.1, 0.15) is 30.6 Å². The van der Waals surface area contributed by atoms with Crippen molar-refractivity contribution in [2.24, 2.45) is 11.8 Å². The van der Waals surface area contributed by atoms with Gasteiger partial charge in [0.2, 0.25) is 0 Å². The van der Waals surface area contributed by atoms with Crippen LogP contribution in [0.25, 0.3) is 0 Å². The SMILES string of the molecule is COc1ccc(N)c(C(=O)N2CC(C)CC(C)C2)c1. The number of carbonyl (C=O) groups is 1. The van der Waals surface area contributed by atoms with Gasteiger partial charge in [0.1, 0.15) is 5.75 Å². The Morgan fingerprint density at radius 1 is 1.32 bits per heavy atom. The summed E-state index contributed by atoms with van der Waals surface area (Å²) in [6.07, 6.45) is 1.18. The van der Waals surface area contributed by atoms with Gasteiger partial charge in [0.05, 0.1) is 12.7 Å². The first-order valence-electron chi connectivity index (χ1n) is 6.74. The van der Waals surface area contributed by atoms with Gasteiger partial charge in [-0.05, 0) is 36.5 Å². The van der Waals surface area contributed by atoms with E-state index in [1.54, 1.807) is 25.3 Å². The molecule has 1 amide bonds. The number of amides is 1. The highest BCUT2D eigenvalue weighted by atomic mass is 16.5. The van der Waals surface area contributed by atoms with Gasteiger partial charge in [-0.15, -0.1) is 0 Å². The van der Waals surface area contributed by atoms with E-state index in [-0.39, 0.29) is 5.91 Å². The van der Waals surface area contributed by atoms with Crippen molar-refractivity contribution in [1.82, 2.24) is 4.90 Å². The lowest BCUT2D eigenvalue weighted by Crippen LogP contribution is -2.42. The van der Waals surface area contributed by atoms with Crippen LogP contribution in [-0.2, 0) is 0 Å². The Morgan fingerprint density at radius 2 is 1.95 bits per heavy atom. The lowest BCUT2D eigenvalue weighted by molar-refractivity contribution is 0.0624. The van der Waals surface area contributed by atoms with Crippen molar-refractivity contribution >= 4 is 11.6 Å².